The van der Waals surface area contributed by atoms with Crippen molar-refractivity contribution in [1.29, 1.82) is 0 Å². The molecule has 17 heavy (non-hydrogen) atoms. The molecule has 0 aliphatic carbocycles. The van der Waals surface area contributed by atoms with E-state index in [1.807, 2.05) is 13.8 Å². The molecule has 4 heteroatoms. The highest BCUT2D eigenvalue weighted by molar-refractivity contribution is 5.78. The minimum Gasteiger partial charge on any atom is -0.353 e. The summed E-state index contributed by atoms with van der Waals surface area (Å²) in [6, 6.07) is 0.747. The minimum atomic E-state index is 0.107. The molecule has 0 aromatic rings. The molecule has 1 rings (SSSR count). The summed E-state index contributed by atoms with van der Waals surface area (Å²) < 4.78 is 0. The minimum absolute atomic E-state index is 0.107. The highest BCUT2D eigenvalue weighted by atomic mass is 16.1. The average Bonchev–Trinajstić information content (AvgIpc) is 2.28. The molecule has 0 aromatic heterocycles. The molecule has 1 heterocycles. The van der Waals surface area contributed by atoms with Gasteiger partial charge in [0.05, 0.1) is 6.54 Å². The van der Waals surface area contributed by atoms with Crippen LogP contribution in [0.5, 0.6) is 0 Å². The molecule has 1 aliphatic heterocycles. The van der Waals surface area contributed by atoms with Crippen molar-refractivity contribution in [2.24, 2.45) is 0 Å². The largest absolute Gasteiger partial charge is 0.353 e. The van der Waals surface area contributed by atoms with Crippen molar-refractivity contribution in [3.63, 3.8) is 0 Å². The van der Waals surface area contributed by atoms with Crippen LogP contribution in [0, 0.1) is 0 Å². The van der Waals surface area contributed by atoms with Crippen LogP contribution in [0.2, 0.25) is 0 Å². The van der Waals surface area contributed by atoms with Gasteiger partial charge >= 0.3 is 0 Å². The number of nitrogens with zero attached hydrogens (tertiary/aromatic N) is 1. The molecule has 1 saturated heterocycles. The topological polar surface area (TPSA) is 44.4 Å². The number of carbonyl (C=O) groups is 1. The van der Waals surface area contributed by atoms with Crippen molar-refractivity contribution < 1.29 is 4.79 Å². The lowest BCUT2D eigenvalue weighted by Gasteiger charge is -2.32. The zero-order valence-electron chi connectivity index (χ0n) is 11.5. The van der Waals surface area contributed by atoms with Gasteiger partial charge in [-0.05, 0) is 52.7 Å². The maximum atomic E-state index is 11.5. The molecule has 1 fully saturated rings. The lowest BCUT2D eigenvalue weighted by Crippen LogP contribution is -2.46. The maximum absolute atomic E-state index is 11.5. The molecule has 2 N–H and O–H groups in total. The summed E-state index contributed by atoms with van der Waals surface area (Å²) >= 11 is 0. The Kier molecular flexibility index (Phi) is 6.52. The second kappa shape index (κ2) is 7.67. The summed E-state index contributed by atoms with van der Waals surface area (Å²) in [5.41, 5.74) is 0. The van der Waals surface area contributed by atoms with Crippen LogP contribution >= 0.6 is 0 Å². The van der Waals surface area contributed by atoms with Gasteiger partial charge in [-0.1, -0.05) is 6.92 Å². The van der Waals surface area contributed by atoms with Crippen LogP contribution in [-0.4, -0.2) is 49.1 Å². The molecule has 1 amide bonds. The van der Waals surface area contributed by atoms with Gasteiger partial charge < -0.3 is 15.5 Å². The lowest BCUT2D eigenvalue weighted by atomic mass is 10.0. The number of rotatable bonds is 6. The second-order valence-corrected chi connectivity index (χ2v) is 5.22. The summed E-state index contributed by atoms with van der Waals surface area (Å²) in [5, 5.41) is 6.25. The molecule has 0 unspecified atom stereocenters. The summed E-state index contributed by atoms with van der Waals surface area (Å²) in [4.78, 5) is 14.0. The standard InChI is InChI=1S/C13H27N3O/c1-4-7-16-8-5-12(6-9-16)14-10-13(17)15-11(2)3/h11-12,14H,4-10H2,1-3H3,(H,15,17). The molecule has 0 bridgehead atoms. The molecule has 0 aromatic carbocycles. The fraction of sp³-hybridized carbons (Fsp3) is 0.923. The number of carbonyl (C=O) groups excluding carboxylic acids is 1. The van der Waals surface area contributed by atoms with Crippen LogP contribution in [-0.2, 0) is 4.79 Å². The monoisotopic (exact) mass is 241 g/mol. The van der Waals surface area contributed by atoms with Crippen molar-refractivity contribution in [1.82, 2.24) is 15.5 Å². The van der Waals surface area contributed by atoms with E-state index in [0.717, 1.165) is 25.9 Å². The van der Waals surface area contributed by atoms with E-state index in [9.17, 15) is 4.79 Å². The normalized spacial score (nSPS) is 18.6. The summed E-state index contributed by atoms with van der Waals surface area (Å²) in [7, 11) is 0. The first-order valence-electron chi connectivity index (χ1n) is 6.87. The fourth-order valence-electron chi connectivity index (χ4n) is 2.29. The van der Waals surface area contributed by atoms with E-state index in [4.69, 9.17) is 0 Å². The predicted octanol–water partition coefficient (Wildman–Crippen LogP) is 0.975. The number of amides is 1. The lowest BCUT2D eigenvalue weighted by molar-refractivity contribution is -0.120. The molecule has 0 saturated carbocycles. The Morgan fingerprint density at radius 1 is 1.35 bits per heavy atom. The first-order valence-corrected chi connectivity index (χ1v) is 6.87. The van der Waals surface area contributed by atoms with E-state index in [1.54, 1.807) is 0 Å². The highest BCUT2D eigenvalue weighted by Crippen LogP contribution is 2.10. The maximum Gasteiger partial charge on any atom is 0.234 e. The van der Waals surface area contributed by atoms with Crippen LogP contribution in [0.25, 0.3) is 0 Å². The third kappa shape index (κ3) is 6.03. The second-order valence-electron chi connectivity index (χ2n) is 5.22. The van der Waals surface area contributed by atoms with Crippen LogP contribution < -0.4 is 10.6 Å². The van der Waals surface area contributed by atoms with Crippen molar-refractivity contribution in [3.8, 4) is 0 Å². The van der Waals surface area contributed by atoms with E-state index in [-0.39, 0.29) is 11.9 Å². The van der Waals surface area contributed by atoms with Gasteiger partial charge in [-0.2, -0.15) is 0 Å². The van der Waals surface area contributed by atoms with Gasteiger partial charge in [0.15, 0.2) is 0 Å². The quantitative estimate of drug-likeness (QED) is 0.728. The Hall–Kier alpha value is -0.610. The van der Waals surface area contributed by atoms with Crippen molar-refractivity contribution in [2.75, 3.05) is 26.2 Å². The molecule has 4 nitrogen and oxygen atoms in total. The third-order valence-electron chi connectivity index (χ3n) is 3.13. The van der Waals surface area contributed by atoms with E-state index in [2.05, 4.69) is 22.5 Å². The molecular formula is C13H27N3O. The first-order chi connectivity index (χ1) is 8.11. The van der Waals surface area contributed by atoms with E-state index >= 15 is 0 Å². The smallest absolute Gasteiger partial charge is 0.234 e. The number of likely N-dealkylation sites (tertiary alicyclic amines) is 1. The number of nitrogens with one attached hydrogen (secondary N) is 2. The van der Waals surface area contributed by atoms with E-state index < -0.39 is 0 Å². The van der Waals surface area contributed by atoms with Gasteiger partial charge in [-0.25, -0.2) is 0 Å². The molecule has 1 aliphatic rings. The van der Waals surface area contributed by atoms with E-state index in [0.29, 0.717) is 12.6 Å². The summed E-state index contributed by atoms with van der Waals surface area (Å²) in [6.07, 6.45) is 3.55. The van der Waals surface area contributed by atoms with Gasteiger partial charge in [-0.3, -0.25) is 4.79 Å². The van der Waals surface area contributed by atoms with Crippen molar-refractivity contribution >= 4 is 5.91 Å². The molecule has 0 radical (unpaired) electrons. The van der Waals surface area contributed by atoms with Crippen LogP contribution in [0.3, 0.4) is 0 Å². The van der Waals surface area contributed by atoms with Crippen LogP contribution in [0.4, 0.5) is 0 Å². The Bertz CT molecular complexity index is 223. The first kappa shape index (κ1) is 14.5. The fourth-order valence-corrected chi connectivity index (χ4v) is 2.29. The summed E-state index contributed by atoms with van der Waals surface area (Å²) in [5.74, 6) is 0.107. The Morgan fingerprint density at radius 2 is 2.00 bits per heavy atom. The van der Waals surface area contributed by atoms with Gasteiger partial charge in [0.25, 0.3) is 0 Å². The van der Waals surface area contributed by atoms with Gasteiger partial charge in [0.1, 0.15) is 0 Å². The van der Waals surface area contributed by atoms with Crippen molar-refractivity contribution in [2.45, 2.75) is 52.1 Å². The Labute approximate surface area is 105 Å². The van der Waals surface area contributed by atoms with E-state index in [1.165, 1.54) is 13.0 Å². The Morgan fingerprint density at radius 3 is 2.53 bits per heavy atom. The average molecular weight is 241 g/mol. The zero-order valence-corrected chi connectivity index (χ0v) is 11.5. The van der Waals surface area contributed by atoms with Gasteiger partial charge in [0, 0.05) is 12.1 Å². The van der Waals surface area contributed by atoms with Crippen LogP contribution in [0.15, 0.2) is 0 Å². The van der Waals surface area contributed by atoms with Gasteiger partial charge in [0.2, 0.25) is 5.91 Å². The SMILES string of the molecule is CCCN1CCC(NCC(=O)NC(C)C)CC1. The number of piperidine rings is 1. The molecule has 0 spiro atoms. The third-order valence-corrected chi connectivity index (χ3v) is 3.13. The zero-order chi connectivity index (χ0) is 12.7. The molecule has 0 atom stereocenters. The predicted molar refractivity (Wildman–Crippen MR) is 71.0 cm³/mol. The number of hydrogen-bond acceptors (Lipinski definition) is 3. The van der Waals surface area contributed by atoms with Crippen LogP contribution in [0.1, 0.15) is 40.0 Å². The summed E-state index contributed by atoms with van der Waals surface area (Å²) in [6.45, 7) is 10.2. The molecule has 100 valence electrons. The highest BCUT2D eigenvalue weighted by Gasteiger charge is 2.18. The number of hydrogen-bond donors (Lipinski definition) is 2. The molecular weight excluding hydrogens is 214 g/mol. The van der Waals surface area contributed by atoms with Crippen molar-refractivity contribution in [3.05, 3.63) is 0 Å². The van der Waals surface area contributed by atoms with Gasteiger partial charge in [-0.15, -0.1) is 0 Å². The Balaban J connectivity index is 2.11.